The van der Waals surface area contributed by atoms with Crippen LogP contribution >= 0.6 is 11.3 Å². The van der Waals surface area contributed by atoms with Gasteiger partial charge >= 0.3 is 0 Å². The molecule has 0 unspecified atom stereocenters. The lowest BCUT2D eigenvalue weighted by atomic mass is 10.2. The van der Waals surface area contributed by atoms with E-state index in [0.717, 1.165) is 51.2 Å². The molecule has 0 radical (unpaired) electrons. The monoisotopic (exact) mass is 369 g/mol. The van der Waals surface area contributed by atoms with Crippen LogP contribution < -0.4 is 15.2 Å². The molecule has 0 saturated carbocycles. The highest BCUT2D eigenvalue weighted by molar-refractivity contribution is 7.22. The number of anilines is 1. The molecule has 0 fully saturated rings. The van der Waals surface area contributed by atoms with Crippen LogP contribution in [0, 0.1) is 6.92 Å². The van der Waals surface area contributed by atoms with Crippen LogP contribution in [0.5, 0.6) is 11.5 Å². The fourth-order valence-corrected chi connectivity index (χ4v) is 3.49. The topological polar surface area (TPSA) is 83.4 Å². The van der Waals surface area contributed by atoms with Crippen molar-refractivity contribution in [2.75, 3.05) is 18.9 Å². The maximum absolute atomic E-state index is 5.80. The average Bonchev–Trinajstić information content (AvgIpc) is 3.19. The number of hydrogen-bond donors (Lipinski definition) is 1. The molecule has 0 spiro atoms. The third-order valence-corrected chi connectivity index (χ3v) is 4.92. The average molecular weight is 369 g/mol. The Labute approximate surface area is 154 Å². The summed E-state index contributed by atoms with van der Waals surface area (Å²) in [5.41, 5.74) is 8.27. The minimum Gasteiger partial charge on any atom is -0.494 e. The fraction of sp³-hybridized carbons (Fsp3) is 0.263. The number of rotatable bonds is 7. The van der Waals surface area contributed by atoms with E-state index >= 15 is 0 Å². The van der Waals surface area contributed by atoms with Crippen molar-refractivity contribution in [2.45, 2.75) is 19.8 Å². The zero-order valence-electron chi connectivity index (χ0n) is 14.4. The molecule has 134 valence electrons. The number of thiazole rings is 1. The number of fused-ring (bicyclic) bond motifs is 2. The summed E-state index contributed by atoms with van der Waals surface area (Å²) in [6.45, 7) is 3.20. The molecule has 6 nitrogen and oxygen atoms in total. The molecule has 4 aromatic rings. The van der Waals surface area contributed by atoms with Crippen LogP contribution in [0.15, 0.2) is 40.9 Å². The minimum absolute atomic E-state index is 0.577. The van der Waals surface area contributed by atoms with Crippen LogP contribution in [-0.4, -0.2) is 23.4 Å². The Hall–Kier alpha value is -2.80. The number of aromatic nitrogens is 2. The van der Waals surface area contributed by atoms with Crippen molar-refractivity contribution in [2.24, 2.45) is 0 Å². The first-order chi connectivity index (χ1) is 12.7. The second kappa shape index (κ2) is 7.21. The quantitative estimate of drug-likeness (QED) is 0.481. The lowest BCUT2D eigenvalue weighted by Crippen LogP contribution is -2.02. The van der Waals surface area contributed by atoms with Gasteiger partial charge in [-0.3, -0.25) is 0 Å². The normalized spacial score (nSPS) is 11.3. The first-order valence-electron chi connectivity index (χ1n) is 8.47. The smallest absolute Gasteiger partial charge is 0.181 e. The van der Waals surface area contributed by atoms with E-state index in [1.807, 2.05) is 43.3 Å². The number of unbranched alkanes of at least 4 members (excludes halogenated alkanes) is 1. The molecule has 7 heteroatoms. The van der Waals surface area contributed by atoms with Crippen LogP contribution in [0.4, 0.5) is 5.13 Å². The maximum Gasteiger partial charge on any atom is 0.181 e. The van der Waals surface area contributed by atoms with E-state index < -0.39 is 0 Å². The highest BCUT2D eigenvalue weighted by Crippen LogP contribution is 2.27. The summed E-state index contributed by atoms with van der Waals surface area (Å²) in [6, 6.07) is 11.6. The number of hydrogen-bond acceptors (Lipinski definition) is 7. The van der Waals surface area contributed by atoms with Crippen LogP contribution in [0.3, 0.4) is 0 Å². The van der Waals surface area contributed by atoms with Crippen LogP contribution in [0.2, 0.25) is 0 Å². The minimum atomic E-state index is 0.577. The molecule has 0 saturated heterocycles. The van der Waals surface area contributed by atoms with E-state index in [2.05, 4.69) is 10.1 Å². The molecule has 0 aliphatic rings. The van der Waals surface area contributed by atoms with Gasteiger partial charge in [-0.1, -0.05) is 16.5 Å². The third-order valence-electron chi connectivity index (χ3n) is 4.08. The Morgan fingerprint density at radius 2 is 1.77 bits per heavy atom. The second-order valence-electron chi connectivity index (χ2n) is 6.01. The second-order valence-corrected chi connectivity index (χ2v) is 7.07. The van der Waals surface area contributed by atoms with Gasteiger partial charge in [0, 0.05) is 11.5 Å². The molecule has 2 N–H and O–H groups in total. The van der Waals surface area contributed by atoms with Gasteiger partial charge in [0.1, 0.15) is 11.5 Å². The van der Waals surface area contributed by atoms with Crippen molar-refractivity contribution in [3.05, 3.63) is 42.1 Å². The predicted molar refractivity (Wildman–Crippen MR) is 103 cm³/mol. The molecular formula is C19H19N3O3S. The summed E-state index contributed by atoms with van der Waals surface area (Å²) in [6.07, 6.45) is 1.82. The molecule has 0 aliphatic carbocycles. The molecule has 0 bridgehead atoms. The molecule has 2 aromatic carbocycles. The summed E-state index contributed by atoms with van der Waals surface area (Å²) in [5.74, 6) is 1.64. The van der Waals surface area contributed by atoms with Gasteiger partial charge in [0.2, 0.25) is 0 Å². The summed E-state index contributed by atoms with van der Waals surface area (Å²) in [5, 5.41) is 5.55. The Kier molecular flexibility index (Phi) is 4.62. The standard InChI is InChI=1S/C19H19N3O3S/c1-12-15-6-4-13(10-17(15)25-22-12)23-8-2-3-9-24-14-5-7-16-18(11-14)26-19(20)21-16/h4-7,10-11H,2-3,8-9H2,1H3,(H2,20,21). The summed E-state index contributed by atoms with van der Waals surface area (Å²) in [7, 11) is 0. The lowest BCUT2D eigenvalue weighted by molar-refractivity contribution is 0.266. The van der Waals surface area contributed by atoms with E-state index in [-0.39, 0.29) is 0 Å². The third kappa shape index (κ3) is 3.57. The predicted octanol–water partition coefficient (Wildman–Crippen LogP) is 4.57. The molecule has 0 amide bonds. The molecule has 4 rings (SSSR count). The van der Waals surface area contributed by atoms with Crippen molar-refractivity contribution in [3.63, 3.8) is 0 Å². The van der Waals surface area contributed by atoms with E-state index in [1.165, 1.54) is 11.3 Å². The zero-order valence-corrected chi connectivity index (χ0v) is 15.2. The van der Waals surface area contributed by atoms with Crippen molar-refractivity contribution in [1.82, 2.24) is 10.1 Å². The Morgan fingerprint density at radius 3 is 2.58 bits per heavy atom. The Balaban J connectivity index is 1.21. The van der Waals surface area contributed by atoms with Gasteiger partial charge in [0.25, 0.3) is 0 Å². The molecular weight excluding hydrogens is 350 g/mol. The van der Waals surface area contributed by atoms with Gasteiger partial charge in [-0.15, -0.1) is 0 Å². The lowest BCUT2D eigenvalue weighted by Gasteiger charge is -2.07. The van der Waals surface area contributed by atoms with E-state index in [4.69, 9.17) is 19.7 Å². The first-order valence-corrected chi connectivity index (χ1v) is 9.28. The fourth-order valence-electron chi connectivity index (χ4n) is 2.73. The summed E-state index contributed by atoms with van der Waals surface area (Å²) in [4.78, 5) is 4.24. The van der Waals surface area contributed by atoms with Crippen molar-refractivity contribution >= 4 is 37.7 Å². The highest BCUT2D eigenvalue weighted by atomic mass is 32.1. The molecule has 2 heterocycles. The van der Waals surface area contributed by atoms with Gasteiger partial charge in [-0.05, 0) is 50.1 Å². The molecule has 2 aromatic heterocycles. The van der Waals surface area contributed by atoms with E-state index in [1.54, 1.807) is 0 Å². The van der Waals surface area contributed by atoms with Gasteiger partial charge < -0.3 is 19.7 Å². The van der Waals surface area contributed by atoms with Gasteiger partial charge in [-0.25, -0.2) is 4.98 Å². The summed E-state index contributed by atoms with van der Waals surface area (Å²) < 4.78 is 17.9. The maximum atomic E-state index is 5.80. The Morgan fingerprint density at radius 1 is 1.04 bits per heavy atom. The number of benzene rings is 2. The SMILES string of the molecule is Cc1noc2cc(OCCCCOc3ccc4nc(N)sc4c3)ccc12. The van der Waals surface area contributed by atoms with Crippen molar-refractivity contribution in [3.8, 4) is 11.5 Å². The van der Waals surface area contributed by atoms with Gasteiger partial charge in [0.15, 0.2) is 10.7 Å². The molecule has 0 aliphatic heterocycles. The summed E-state index contributed by atoms with van der Waals surface area (Å²) >= 11 is 1.47. The molecule has 26 heavy (non-hydrogen) atoms. The molecule has 0 atom stereocenters. The van der Waals surface area contributed by atoms with E-state index in [0.29, 0.717) is 18.3 Å². The largest absolute Gasteiger partial charge is 0.494 e. The first kappa shape index (κ1) is 16.7. The van der Waals surface area contributed by atoms with Crippen molar-refractivity contribution < 1.29 is 14.0 Å². The Bertz CT molecular complexity index is 1030. The number of nitrogens with two attached hydrogens (primary N) is 1. The van der Waals surface area contributed by atoms with Crippen LogP contribution in [0.1, 0.15) is 18.5 Å². The number of nitrogen functional groups attached to an aromatic ring is 1. The van der Waals surface area contributed by atoms with Gasteiger partial charge in [0.05, 0.1) is 29.1 Å². The van der Waals surface area contributed by atoms with Crippen LogP contribution in [-0.2, 0) is 0 Å². The van der Waals surface area contributed by atoms with Crippen molar-refractivity contribution in [1.29, 1.82) is 0 Å². The van der Waals surface area contributed by atoms with Crippen LogP contribution in [0.25, 0.3) is 21.2 Å². The number of aryl methyl sites for hydroxylation is 1. The number of ether oxygens (including phenoxy) is 2. The zero-order chi connectivity index (χ0) is 17.9. The van der Waals surface area contributed by atoms with E-state index in [9.17, 15) is 0 Å². The van der Waals surface area contributed by atoms with Gasteiger partial charge in [-0.2, -0.15) is 0 Å². The highest BCUT2D eigenvalue weighted by Gasteiger charge is 2.06. The number of nitrogens with zero attached hydrogens (tertiary/aromatic N) is 2.